The molecule has 0 amide bonds. The van der Waals surface area contributed by atoms with E-state index < -0.39 is 0 Å². The van der Waals surface area contributed by atoms with Crippen molar-refractivity contribution in [2.45, 2.75) is 0 Å². The van der Waals surface area contributed by atoms with E-state index in [0.29, 0.717) is 22.5 Å². The summed E-state index contributed by atoms with van der Waals surface area (Å²) in [6.07, 6.45) is 0. The average molecular weight is 392 g/mol. The minimum absolute atomic E-state index is 0. The topological polar surface area (TPSA) is 17.1 Å². The van der Waals surface area contributed by atoms with Gasteiger partial charge in [0.05, 0.1) is 0 Å². The molecule has 0 N–H and O–H groups in total. The van der Waals surface area contributed by atoms with E-state index in [4.69, 9.17) is 3.08 Å². The number of hydrogen-bond acceptors (Lipinski definition) is 1. The molecule has 0 aromatic carbocycles. The average Bonchev–Trinajstić information content (AvgIpc) is 1.00. The van der Waals surface area contributed by atoms with Crippen LogP contribution in [0.3, 0.4) is 0 Å². The van der Waals surface area contributed by atoms with Gasteiger partial charge in [0.25, 0.3) is 0 Å². The maximum absolute atomic E-state index is 8.34. The van der Waals surface area contributed by atoms with Crippen molar-refractivity contribution >= 4 is 85.7 Å². The molecule has 20 valence electrons. The van der Waals surface area contributed by atoms with E-state index in [2.05, 4.69) is 0 Å². The zero-order valence-electron chi connectivity index (χ0n) is 2.56. The van der Waals surface area contributed by atoms with Crippen molar-refractivity contribution in [3.05, 3.63) is 0 Å². The summed E-state index contributed by atoms with van der Waals surface area (Å²) in [6.45, 7) is 0. The predicted molar refractivity (Wildman–Crippen MR) is 23.7 cm³/mol. The quantitative estimate of drug-likeness (QED) is 0.453. The third kappa shape index (κ3) is 20.5. The van der Waals surface area contributed by atoms with Crippen LogP contribution >= 0.6 is 0 Å². The van der Waals surface area contributed by atoms with Gasteiger partial charge in [0.2, 0.25) is 0 Å². The zero-order chi connectivity index (χ0) is 2.00. The Kier molecular flexibility index (Phi) is 154. The molecule has 0 rings (SSSR count). The van der Waals surface area contributed by atoms with E-state index in [1.807, 2.05) is 0 Å². The van der Waals surface area contributed by atoms with Crippen LogP contribution in [0.5, 0.6) is 0 Å². The van der Waals surface area contributed by atoms with Crippen LogP contribution in [0.2, 0.25) is 0 Å². The Morgan fingerprint density at radius 1 is 1.20 bits per heavy atom. The van der Waals surface area contributed by atoms with Gasteiger partial charge in [-0.2, -0.15) is 0 Å². The molecular formula is GaGeInOSn. The maximum atomic E-state index is 8.34. The fraction of sp³-hybridized carbons (Fsp3) is 0. The standard InChI is InChI=1S/Ga.Ge.In.O.Sn. The molecule has 0 aromatic heterocycles. The van der Waals surface area contributed by atoms with Gasteiger partial charge in [0, 0.05) is 63.2 Å². The van der Waals surface area contributed by atoms with Crippen LogP contribution in [-0.4, -0.2) is 85.7 Å². The molecule has 0 heterocycles. The van der Waals surface area contributed by atoms with Crippen molar-refractivity contribution in [2.24, 2.45) is 0 Å². The fourth-order valence-electron chi connectivity index (χ4n) is 0. The normalized spacial score (nSPS) is 0.800. The van der Waals surface area contributed by atoms with Crippen LogP contribution in [0.1, 0.15) is 0 Å². The Labute approximate surface area is 87.3 Å². The Morgan fingerprint density at radius 3 is 1.20 bits per heavy atom. The van der Waals surface area contributed by atoms with Crippen molar-refractivity contribution in [2.75, 3.05) is 0 Å². The molecule has 5 heavy (non-hydrogen) atoms. The molecular weight excluding hydrogens is 392 g/mol. The van der Waals surface area contributed by atoms with Crippen molar-refractivity contribution in [1.29, 1.82) is 0 Å². The second-order valence-corrected chi connectivity index (χ2v) is 0. The van der Waals surface area contributed by atoms with Gasteiger partial charge in [-0.3, -0.25) is 0 Å². The molecule has 0 unspecified atom stereocenters. The van der Waals surface area contributed by atoms with E-state index >= 15 is 0 Å². The van der Waals surface area contributed by atoms with Crippen molar-refractivity contribution in [3.63, 3.8) is 0 Å². The Hall–Kier alpha value is 2.65. The van der Waals surface area contributed by atoms with Crippen molar-refractivity contribution in [1.82, 2.24) is 0 Å². The third-order valence-electron chi connectivity index (χ3n) is 0. The Balaban J connectivity index is -0.00000000167. The molecule has 0 aliphatic carbocycles. The van der Waals surface area contributed by atoms with E-state index in [0.717, 1.165) is 0 Å². The molecule has 0 fully saturated rings. The Bertz CT molecular complexity index is 11.6. The summed E-state index contributed by atoms with van der Waals surface area (Å²) >= 11 is 0.300. The second-order valence-electron chi connectivity index (χ2n) is 0. The van der Waals surface area contributed by atoms with Crippen LogP contribution < -0.4 is 0 Å². The zero-order valence-corrected chi connectivity index (χ0v) is 13.2. The van der Waals surface area contributed by atoms with Crippen LogP contribution in [-0.2, 0) is 3.08 Å². The van der Waals surface area contributed by atoms with Crippen molar-refractivity contribution < 1.29 is 3.08 Å². The van der Waals surface area contributed by atoms with Gasteiger partial charge in [-0.15, -0.1) is 0 Å². The first-order chi connectivity index (χ1) is 1.00. The first-order valence-electron chi connectivity index (χ1n) is 0.204. The van der Waals surface area contributed by atoms with Gasteiger partial charge in [0.1, 0.15) is 0 Å². The van der Waals surface area contributed by atoms with E-state index in [1.165, 1.54) is 0 Å². The summed E-state index contributed by atoms with van der Waals surface area (Å²) in [5, 5.41) is 0. The number of rotatable bonds is 0. The molecule has 0 aromatic rings. The van der Waals surface area contributed by atoms with E-state index in [9.17, 15) is 0 Å². The van der Waals surface area contributed by atoms with Crippen LogP contribution in [0.25, 0.3) is 0 Å². The molecule has 0 aliphatic heterocycles. The monoisotopic (exact) mass is 394 g/mol. The summed E-state index contributed by atoms with van der Waals surface area (Å²) in [6, 6.07) is 0. The van der Waals surface area contributed by atoms with Gasteiger partial charge in [-0.05, 0) is 0 Å². The van der Waals surface area contributed by atoms with Crippen LogP contribution in [0.4, 0.5) is 0 Å². The second kappa shape index (κ2) is 30.2. The molecule has 0 aliphatic rings. The van der Waals surface area contributed by atoms with E-state index in [1.54, 1.807) is 0 Å². The van der Waals surface area contributed by atoms with Crippen LogP contribution in [0.15, 0.2) is 0 Å². The Morgan fingerprint density at radius 2 is 1.20 bits per heavy atom. The SMILES string of the molecule is [Ga].[Ge].[In].[O]=[Sn]. The molecule has 12 radical (unpaired) electrons. The molecule has 0 saturated heterocycles. The summed E-state index contributed by atoms with van der Waals surface area (Å²) < 4.78 is 8.34. The number of hydrogen-bond donors (Lipinski definition) is 0. The van der Waals surface area contributed by atoms with E-state index in [-0.39, 0.29) is 63.2 Å². The molecule has 5 heteroatoms. The molecule has 0 atom stereocenters. The summed E-state index contributed by atoms with van der Waals surface area (Å²) in [7, 11) is 0. The van der Waals surface area contributed by atoms with Gasteiger partial charge in [0.15, 0.2) is 0 Å². The first-order valence-corrected chi connectivity index (χ1v) is 1.37. The third-order valence-corrected chi connectivity index (χ3v) is 0. The summed E-state index contributed by atoms with van der Waals surface area (Å²) in [5.41, 5.74) is 0. The van der Waals surface area contributed by atoms with Gasteiger partial charge < -0.3 is 0 Å². The molecule has 0 bridgehead atoms. The van der Waals surface area contributed by atoms with Gasteiger partial charge in [-0.1, -0.05) is 0 Å². The minimum atomic E-state index is 0. The fourth-order valence-corrected chi connectivity index (χ4v) is 0. The molecule has 0 spiro atoms. The van der Waals surface area contributed by atoms with Gasteiger partial charge in [-0.25, -0.2) is 0 Å². The predicted octanol–water partition coefficient (Wildman–Crippen LogP) is -1.64. The van der Waals surface area contributed by atoms with Gasteiger partial charge >= 0.3 is 25.6 Å². The molecule has 0 saturated carbocycles. The van der Waals surface area contributed by atoms with Crippen LogP contribution in [0, 0.1) is 0 Å². The summed E-state index contributed by atoms with van der Waals surface area (Å²) in [5.74, 6) is 0. The summed E-state index contributed by atoms with van der Waals surface area (Å²) in [4.78, 5) is 0. The van der Waals surface area contributed by atoms with Crippen molar-refractivity contribution in [3.8, 4) is 0 Å². The molecule has 1 nitrogen and oxygen atoms in total. The first kappa shape index (κ1) is 25.4.